The zero-order chi connectivity index (χ0) is 14.8. The standard InChI is InChI=1S/C14H16N2O4/c1-20-13-8-10(2-3-12(13)16(18)19)14(9-15)6-4-11(17)5-7-14/h2-3,8,11,17H,4-7H2,1H3. The van der Waals surface area contributed by atoms with Crippen LogP contribution < -0.4 is 4.74 Å². The van der Waals surface area contributed by atoms with Crippen molar-refractivity contribution in [2.45, 2.75) is 37.2 Å². The van der Waals surface area contributed by atoms with Gasteiger partial charge in [-0.15, -0.1) is 0 Å². The van der Waals surface area contributed by atoms with Crippen LogP contribution in [0.2, 0.25) is 0 Å². The van der Waals surface area contributed by atoms with Gasteiger partial charge in [0.05, 0.1) is 29.6 Å². The fraction of sp³-hybridized carbons (Fsp3) is 0.500. The summed E-state index contributed by atoms with van der Waals surface area (Å²) in [7, 11) is 1.37. The van der Waals surface area contributed by atoms with E-state index < -0.39 is 10.3 Å². The largest absolute Gasteiger partial charge is 0.490 e. The number of nitriles is 1. The highest BCUT2D eigenvalue weighted by atomic mass is 16.6. The van der Waals surface area contributed by atoms with Crippen molar-refractivity contribution in [3.05, 3.63) is 33.9 Å². The van der Waals surface area contributed by atoms with Crippen LogP contribution in [0.25, 0.3) is 0 Å². The number of ether oxygens (including phenoxy) is 1. The Hall–Kier alpha value is -2.13. The van der Waals surface area contributed by atoms with Gasteiger partial charge in [-0.05, 0) is 37.3 Å². The van der Waals surface area contributed by atoms with Crippen LogP contribution in [-0.2, 0) is 5.41 Å². The molecule has 0 heterocycles. The highest BCUT2D eigenvalue weighted by Crippen LogP contribution is 2.41. The number of aliphatic hydroxyl groups is 1. The fourth-order valence-electron chi connectivity index (χ4n) is 2.69. The van der Waals surface area contributed by atoms with Gasteiger partial charge in [0.1, 0.15) is 0 Å². The summed E-state index contributed by atoms with van der Waals surface area (Å²) in [5.41, 5.74) is -0.0868. The summed E-state index contributed by atoms with van der Waals surface area (Å²) >= 11 is 0. The lowest BCUT2D eigenvalue weighted by Gasteiger charge is -2.33. The van der Waals surface area contributed by atoms with Crippen molar-refractivity contribution >= 4 is 5.69 Å². The number of nitro groups is 1. The molecule has 6 nitrogen and oxygen atoms in total. The van der Waals surface area contributed by atoms with Crippen molar-refractivity contribution in [1.29, 1.82) is 5.26 Å². The second-order valence-electron chi connectivity index (χ2n) is 5.07. The maximum atomic E-state index is 10.9. The summed E-state index contributed by atoms with van der Waals surface area (Å²) in [6.45, 7) is 0. The lowest BCUT2D eigenvalue weighted by atomic mass is 9.70. The quantitative estimate of drug-likeness (QED) is 0.675. The first-order valence-corrected chi connectivity index (χ1v) is 6.44. The summed E-state index contributed by atoms with van der Waals surface area (Å²) < 4.78 is 5.05. The van der Waals surface area contributed by atoms with Crippen molar-refractivity contribution in [3.63, 3.8) is 0 Å². The predicted molar refractivity (Wildman–Crippen MR) is 71.4 cm³/mol. The van der Waals surface area contributed by atoms with Crippen LogP contribution in [0.1, 0.15) is 31.2 Å². The third-order valence-corrected chi connectivity index (χ3v) is 3.95. The summed E-state index contributed by atoms with van der Waals surface area (Å²) in [4.78, 5) is 10.4. The Kier molecular flexibility index (Phi) is 3.91. The molecule has 1 N–H and O–H groups in total. The van der Waals surface area contributed by atoms with Gasteiger partial charge in [0.15, 0.2) is 5.75 Å². The van der Waals surface area contributed by atoms with Crippen molar-refractivity contribution in [2.75, 3.05) is 7.11 Å². The van der Waals surface area contributed by atoms with E-state index in [1.165, 1.54) is 13.2 Å². The van der Waals surface area contributed by atoms with Crippen molar-refractivity contribution in [1.82, 2.24) is 0 Å². The molecule has 1 fully saturated rings. The average Bonchev–Trinajstić information content (AvgIpc) is 2.47. The van der Waals surface area contributed by atoms with Gasteiger partial charge >= 0.3 is 5.69 Å². The molecule has 1 aromatic carbocycles. The van der Waals surface area contributed by atoms with Crippen LogP contribution >= 0.6 is 0 Å². The topological polar surface area (TPSA) is 96.4 Å². The molecule has 106 valence electrons. The normalized spacial score (nSPS) is 25.8. The van der Waals surface area contributed by atoms with E-state index in [2.05, 4.69) is 6.07 Å². The van der Waals surface area contributed by atoms with E-state index >= 15 is 0 Å². The first kappa shape index (κ1) is 14.3. The monoisotopic (exact) mass is 276 g/mol. The number of aliphatic hydroxyl groups excluding tert-OH is 1. The molecule has 0 spiro atoms. The molecule has 1 saturated carbocycles. The summed E-state index contributed by atoms with van der Waals surface area (Å²) in [6.07, 6.45) is 1.85. The molecule has 1 aliphatic rings. The van der Waals surface area contributed by atoms with E-state index in [0.717, 1.165) is 0 Å². The summed E-state index contributed by atoms with van der Waals surface area (Å²) in [5, 5.41) is 30.0. The van der Waals surface area contributed by atoms with Gasteiger partial charge < -0.3 is 9.84 Å². The molecule has 1 aromatic rings. The minimum atomic E-state index is -0.693. The zero-order valence-electron chi connectivity index (χ0n) is 11.2. The average molecular weight is 276 g/mol. The molecule has 0 aromatic heterocycles. The fourth-order valence-corrected chi connectivity index (χ4v) is 2.69. The molecule has 0 unspecified atom stereocenters. The van der Waals surface area contributed by atoms with E-state index in [1.54, 1.807) is 12.1 Å². The Balaban J connectivity index is 2.41. The highest BCUT2D eigenvalue weighted by molar-refractivity contribution is 5.51. The first-order valence-electron chi connectivity index (χ1n) is 6.44. The van der Waals surface area contributed by atoms with Crippen LogP contribution in [0.4, 0.5) is 5.69 Å². The number of benzene rings is 1. The zero-order valence-corrected chi connectivity index (χ0v) is 11.2. The molecule has 1 aliphatic carbocycles. The lowest BCUT2D eigenvalue weighted by Crippen LogP contribution is -2.32. The molecule has 2 rings (SSSR count). The van der Waals surface area contributed by atoms with Crippen LogP contribution in [0.15, 0.2) is 18.2 Å². The van der Waals surface area contributed by atoms with Crippen molar-refractivity contribution in [3.8, 4) is 11.8 Å². The predicted octanol–water partition coefficient (Wildman–Crippen LogP) is 2.30. The molecular weight excluding hydrogens is 260 g/mol. The molecule has 20 heavy (non-hydrogen) atoms. The number of methoxy groups -OCH3 is 1. The second kappa shape index (κ2) is 5.47. The van der Waals surface area contributed by atoms with E-state index in [4.69, 9.17) is 4.74 Å². The van der Waals surface area contributed by atoms with E-state index in [9.17, 15) is 20.5 Å². The third-order valence-electron chi connectivity index (χ3n) is 3.95. The summed E-state index contributed by atoms with van der Waals surface area (Å²) in [6, 6.07) is 6.87. The Morgan fingerprint density at radius 1 is 1.50 bits per heavy atom. The Morgan fingerprint density at radius 3 is 2.65 bits per heavy atom. The molecular formula is C14H16N2O4. The maximum Gasteiger partial charge on any atom is 0.310 e. The van der Waals surface area contributed by atoms with Crippen LogP contribution in [0.3, 0.4) is 0 Å². The van der Waals surface area contributed by atoms with Crippen molar-refractivity contribution < 1.29 is 14.8 Å². The minimum absolute atomic E-state index is 0.111. The molecule has 0 aliphatic heterocycles. The number of nitrogens with zero attached hydrogens (tertiary/aromatic N) is 2. The van der Waals surface area contributed by atoms with Gasteiger partial charge in [0.25, 0.3) is 0 Å². The van der Waals surface area contributed by atoms with Gasteiger partial charge in [-0.25, -0.2) is 0 Å². The SMILES string of the molecule is COc1cc(C2(C#N)CCC(O)CC2)ccc1[N+](=O)[O-]. The molecule has 0 amide bonds. The van der Waals surface area contributed by atoms with Gasteiger partial charge in [-0.2, -0.15) is 5.26 Å². The van der Waals surface area contributed by atoms with E-state index in [0.29, 0.717) is 31.2 Å². The third kappa shape index (κ3) is 2.45. The Bertz CT molecular complexity index is 557. The van der Waals surface area contributed by atoms with Crippen molar-refractivity contribution in [2.24, 2.45) is 0 Å². The van der Waals surface area contributed by atoms with Crippen LogP contribution in [0.5, 0.6) is 5.75 Å². The molecule has 0 atom stereocenters. The summed E-state index contributed by atoms with van der Waals surface area (Å²) in [5.74, 6) is 0.160. The van der Waals surface area contributed by atoms with Gasteiger partial charge in [0, 0.05) is 6.07 Å². The number of rotatable bonds is 3. The second-order valence-corrected chi connectivity index (χ2v) is 5.07. The van der Waals surface area contributed by atoms with Gasteiger partial charge in [-0.1, -0.05) is 6.07 Å². The molecule has 0 bridgehead atoms. The Morgan fingerprint density at radius 2 is 2.15 bits per heavy atom. The van der Waals surface area contributed by atoms with Gasteiger partial charge in [-0.3, -0.25) is 10.1 Å². The Labute approximate surface area is 116 Å². The number of hydrogen-bond acceptors (Lipinski definition) is 5. The molecule has 6 heteroatoms. The maximum absolute atomic E-state index is 10.9. The van der Waals surface area contributed by atoms with Gasteiger partial charge in [0.2, 0.25) is 0 Å². The van der Waals surface area contributed by atoms with Crippen LogP contribution in [-0.4, -0.2) is 23.2 Å². The van der Waals surface area contributed by atoms with E-state index in [1.807, 2.05) is 0 Å². The smallest absolute Gasteiger partial charge is 0.310 e. The van der Waals surface area contributed by atoms with Crippen LogP contribution in [0, 0.1) is 21.4 Å². The number of hydrogen-bond donors (Lipinski definition) is 1. The molecule has 0 radical (unpaired) electrons. The first-order chi connectivity index (χ1) is 9.52. The number of nitro benzene ring substituents is 1. The minimum Gasteiger partial charge on any atom is -0.490 e. The lowest BCUT2D eigenvalue weighted by molar-refractivity contribution is -0.385. The highest BCUT2D eigenvalue weighted by Gasteiger charge is 2.37. The molecule has 0 saturated heterocycles. The van der Waals surface area contributed by atoms with E-state index in [-0.39, 0.29) is 17.5 Å².